The Balaban J connectivity index is 1.09. The summed E-state index contributed by atoms with van der Waals surface area (Å²) in [5, 5.41) is 10.6. The summed E-state index contributed by atoms with van der Waals surface area (Å²) in [7, 11) is 0. The van der Waals surface area contributed by atoms with Crippen molar-refractivity contribution in [2.24, 2.45) is 0 Å². The van der Waals surface area contributed by atoms with Crippen LogP contribution in [0.5, 0.6) is 0 Å². The summed E-state index contributed by atoms with van der Waals surface area (Å²) in [6.07, 6.45) is 1.81. The first-order valence-corrected chi connectivity index (χ1v) is 17.1. The summed E-state index contributed by atoms with van der Waals surface area (Å²) >= 11 is 0. The summed E-state index contributed by atoms with van der Waals surface area (Å²) in [4.78, 5) is 12.0. The lowest BCUT2D eigenvalue weighted by molar-refractivity contribution is 0.654. The average Bonchev–Trinajstić information content (AvgIpc) is 3.77. The molecule has 0 amide bonds. The monoisotopic (exact) mass is 653 g/mol. The molecule has 0 N–H and O–H groups in total. The van der Waals surface area contributed by atoms with Gasteiger partial charge in [0.25, 0.3) is 0 Å². The predicted octanol–water partition coefficient (Wildman–Crippen LogP) is 12.9. The molecule has 4 heterocycles. The first kappa shape index (κ1) is 27.9. The standard InChI is InChI=1S/C46H27N3O2/c1-2-11-33-31(9-1)32-10-3-4-12-34(32)38-27-29(20-23-35(33)38)28-18-21-30(22-19-28)49(39-14-7-16-41-44(39)45-42(50-41)17-8-26-47-45)43-25-24-37-36-13-5-6-15-40(36)51-46(37)48-43/h1-27H. The molecule has 0 aliphatic heterocycles. The van der Waals surface area contributed by atoms with E-state index in [1.165, 1.54) is 32.3 Å². The Morgan fingerprint density at radius 3 is 1.84 bits per heavy atom. The second-order valence-electron chi connectivity index (χ2n) is 13.0. The Labute approximate surface area is 291 Å². The van der Waals surface area contributed by atoms with Crippen LogP contribution >= 0.6 is 0 Å². The number of pyridine rings is 2. The van der Waals surface area contributed by atoms with E-state index in [4.69, 9.17) is 18.8 Å². The van der Waals surface area contributed by atoms with Crippen molar-refractivity contribution >= 4 is 93.6 Å². The van der Waals surface area contributed by atoms with Gasteiger partial charge in [-0.15, -0.1) is 0 Å². The molecule has 0 spiro atoms. The third-order valence-electron chi connectivity index (χ3n) is 10.1. The van der Waals surface area contributed by atoms with Gasteiger partial charge in [0.1, 0.15) is 22.5 Å². The van der Waals surface area contributed by atoms with Crippen LogP contribution in [0.15, 0.2) is 173 Å². The fraction of sp³-hybridized carbons (Fsp3) is 0. The second kappa shape index (κ2) is 10.8. The van der Waals surface area contributed by atoms with Gasteiger partial charge in [-0.2, -0.15) is 4.98 Å². The van der Waals surface area contributed by atoms with Gasteiger partial charge in [-0.1, -0.05) is 97.1 Å². The number of aromatic nitrogens is 2. The van der Waals surface area contributed by atoms with Crippen molar-refractivity contribution in [1.29, 1.82) is 0 Å². The zero-order valence-corrected chi connectivity index (χ0v) is 27.2. The maximum absolute atomic E-state index is 6.27. The predicted molar refractivity (Wildman–Crippen MR) is 209 cm³/mol. The molecule has 0 fully saturated rings. The van der Waals surface area contributed by atoms with Crippen LogP contribution in [0.1, 0.15) is 0 Å². The highest BCUT2D eigenvalue weighted by Crippen LogP contribution is 2.43. The summed E-state index contributed by atoms with van der Waals surface area (Å²) < 4.78 is 12.5. The highest BCUT2D eigenvalue weighted by Gasteiger charge is 2.22. The van der Waals surface area contributed by atoms with Crippen LogP contribution in [0.2, 0.25) is 0 Å². The third kappa shape index (κ3) is 4.22. The molecule has 5 nitrogen and oxygen atoms in total. The molecule has 0 unspecified atom stereocenters. The molecule has 0 aliphatic carbocycles. The quantitative estimate of drug-likeness (QED) is 0.177. The molecule has 51 heavy (non-hydrogen) atoms. The number of benzene rings is 7. The molecule has 0 bridgehead atoms. The zero-order valence-electron chi connectivity index (χ0n) is 27.2. The van der Waals surface area contributed by atoms with Crippen LogP contribution < -0.4 is 4.90 Å². The molecule has 11 rings (SSSR count). The highest BCUT2D eigenvalue weighted by atomic mass is 16.3. The smallest absolute Gasteiger partial charge is 0.229 e. The number of anilines is 3. The van der Waals surface area contributed by atoms with Gasteiger partial charge in [-0.3, -0.25) is 9.88 Å². The molecule has 4 aromatic heterocycles. The number of nitrogens with zero attached hydrogens (tertiary/aromatic N) is 3. The van der Waals surface area contributed by atoms with E-state index in [9.17, 15) is 0 Å². The maximum Gasteiger partial charge on any atom is 0.229 e. The number of hydrogen-bond acceptors (Lipinski definition) is 5. The molecular formula is C46H27N3O2. The lowest BCUT2D eigenvalue weighted by Gasteiger charge is -2.25. The summed E-state index contributed by atoms with van der Waals surface area (Å²) in [5.74, 6) is 0.733. The molecule has 0 saturated heterocycles. The first-order chi connectivity index (χ1) is 25.3. The molecular weight excluding hydrogens is 627 g/mol. The van der Waals surface area contributed by atoms with Gasteiger partial charge >= 0.3 is 0 Å². The molecule has 11 aromatic rings. The Morgan fingerprint density at radius 1 is 0.431 bits per heavy atom. The van der Waals surface area contributed by atoms with Crippen LogP contribution in [0, 0.1) is 0 Å². The topological polar surface area (TPSA) is 55.3 Å². The summed E-state index contributed by atoms with van der Waals surface area (Å²) in [5.41, 5.74) is 7.90. The third-order valence-corrected chi connectivity index (χ3v) is 10.1. The highest BCUT2D eigenvalue weighted by molar-refractivity contribution is 6.25. The van der Waals surface area contributed by atoms with Crippen LogP contribution in [-0.2, 0) is 0 Å². The average molecular weight is 654 g/mol. The largest absolute Gasteiger partial charge is 0.454 e. The Hall–Kier alpha value is -6.98. The van der Waals surface area contributed by atoms with Crippen LogP contribution in [-0.4, -0.2) is 9.97 Å². The SMILES string of the molecule is c1ccc2c(c1)oc1nc(N(c3ccc(-c4ccc5c6ccccc6c6ccccc6c5c4)cc3)c3cccc4oc5cccnc5c34)ccc12. The number of rotatable bonds is 4. The van der Waals surface area contributed by atoms with Crippen LogP contribution in [0.25, 0.3) is 87.6 Å². The van der Waals surface area contributed by atoms with Gasteiger partial charge in [-0.25, -0.2) is 0 Å². The fourth-order valence-corrected chi connectivity index (χ4v) is 7.81. The van der Waals surface area contributed by atoms with Crippen molar-refractivity contribution in [3.05, 3.63) is 164 Å². The van der Waals surface area contributed by atoms with Gasteiger partial charge < -0.3 is 8.83 Å². The van der Waals surface area contributed by atoms with E-state index in [1.54, 1.807) is 0 Å². The number of furan rings is 2. The summed E-state index contributed by atoms with van der Waals surface area (Å²) in [6.45, 7) is 0. The molecule has 0 aliphatic rings. The van der Waals surface area contributed by atoms with Crippen molar-refractivity contribution in [1.82, 2.24) is 9.97 Å². The fourth-order valence-electron chi connectivity index (χ4n) is 7.81. The summed E-state index contributed by atoms with van der Waals surface area (Å²) in [6, 6.07) is 55.1. The van der Waals surface area contributed by atoms with Crippen molar-refractivity contribution < 1.29 is 8.83 Å². The van der Waals surface area contributed by atoms with Gasteiger partial charge in [0, 0.05) is 22.7 Å². The number of hydrogen-bond donors (Lipinski definition) is 0. The van der Waals surface area contributed by atoms with Gasteiger partial charge in [0.2, 0.25) is 5.71 Å². The van der Waals surface area contributed by atoms with Crippen LogP contribution in [0.4, 0.5) is 17.2 Å². The van der Waals surface area contributed by atoms with E-state index >= 15 is 0 Å². The van der Waals surface area contributed by atoms with E-state index in [0.717, 1.165) is 66.7 Å². The Morgan fingerprint density at radius 2 is 1.06 bits per heavy atom. The lowest BCUT2D eigenvalue weighted by atomic mass is 9.92. The van der Waals surface area contributed by atoms with E-state index < -0.39 is 0 Å². The molecule has 5 heteroatoms. The van der Waals surface area contributed by atoms with Crippen molar-refractivity contribution in [2.45, 2.75) is 0 Å². The normalized spacial score (nSPS) is 11.9. The van der Waals surface area contributed by atoms with E-state index in [-0.39, 0.29) is 0 Å². The van der Waals surface area contributed by atoms with Gasteiger partial charge in [0.15, 0.2) is 5.58 Å². The molecule has 0 atom stereocenters. The minimum atomic E-state index is 0.591. The molecule has 238 valence electrons. The van der Waals surface area contributed by atoms with E-state index in [0.29, 0.717) is 5.71 Å². The van der Waals surface area contributed by atoms with Gasteiger partial charge in [-0.05, 0) is 104 Å². The van der Waals surface area contributed by atoms with Crippen molar-refractivity contribution in [3.63, 3.8) is 0 Å². The zero-order chi connectivity index (χ0) is 33.5. The molecule has 0 radical (unpaired) electrons. The second-order valence-corrected chi connectivity index (χ2v) is 13.0. The van der Waals surface area contributed by atoms with E-state index in [2.05, 4.69) is 120 Å². The minimum Gasteiger partial charge on any atom is -0.454 e. The van der Waals surface area contributed by atoms with E-state index in [1.807, 2.05) is 48.7 Å². The number of fused-ring (bicyclic) bond motifs is 12. The Kier molecular flexibility index (Phi) is 5.89. The molecule has 7 aromatic carbocycles. The maximum atomic E-state index is 6.27. The van der Waals surface area contributed by atoms with Gasteiger partial charge in [0.05, 0.1) is 11.1 Å². The molecule has 0 saturated carbocycles. The first-order valence-electron chi connectivity index (χ1n) is 17.1. The van der Waals surface area contributed by atoms with Crippen molar-refractivity contribution in [2.75, 3.05) is 4.90 Å². The lowest BCUT2D eigenvalue weighted by Crippen LogP contribution is -2.12. The van der Waals surface area contributed by atoms with Crippen LogP contribution in [0.3, 0.4) is 0 Å². The minimum absolute atomic E-state index is 0.591. The van der Waals surface area contributed by atoms with Crippen molar-refractivity contribution in [3.8, 4) is 11.1 Å². The Bertz CT molecular complexity index is 3120. The number of para-hydroxylation sites is 1.